The molecule has 11 nitrogen and oxygen atoms in total. The zero-order valence-corrected chi connectivity index (χ0v) is 19.2. The molecule has 0 aromatic rings. The van der Waals surface area contributed by atoms with E-state index in [9.17, 15) is 19.2 Å². The lowest BCUT2D eigenvalue weighted by atomic mass is 9.97. The van der Waals surface area contributed by atoms with Gasteiger partial charge in [0, 0.05) is 12.5 Å². The van der Waals surface area contributed by atoms with Crippen LogP contribution >= 0.6 is 0 Å². The van der Waals surface area contributed by atoms with Crippen LogP contribution in [0.5, 0.6) is 0 Å². The maximum Gasteiger partial charge on any atom is 0.408 e. The number of carbonyl (C=O) groups is 4. The van der Waals surface area contributed by atoms with E-state index < -0.39 is 41.6 Å². The molecule has 0 saturated carbocycles. The minimum absolute atomic E-state index is 0.0738. The molecule has 0 unspecified atom stereocenters. The summed E-state index contributed by atoms with van der Waals surface area (Å²) in [6, 6.07) is -1.94. The van der Waals surface area contributed by atoms with Crippen LogP contribution < -0.4 is 16.0 Å². The van der Waals surface area contributed by atoms with Crippen molar-refractivity contribution in [1.82, 2.24) is 16.0 Å². The first-order valence-electron chi connectivity index (χ1n) is 11.0. The highest BCUT2D eigenvalue weighted by molar-refractivity contribution is 5.90. The Morgan fingerprint density at radius 2 is 1.88 bits per heavy atom. The van der Waals surface area contributed by atoms with Crippen LogP contribution in [0.4, 0.5) is 4.79 Å². The topological polar surface area (TPSA) is 141 Å². The van der Waals surface area contributed by atoms with Gasteiger partial charge in [0.2, 0.25) is 11.8 Å². The van der Waals surface area contributed by atoms with Crippen molar-refractivity contribution in [2.75, 3.05) is 33.7 Å². The van der Waals surface area contributed by atoms with Crippen LogP contribution in [0.3, 0.4) is 0 Å². The molecule has 0 aliphatic carbocycles. The second-order valence-corrected chi connectivity index (χ2v) is 8.66. The maximum absolute atomic E-state index is 13.0. The second-order valence-electron chi connectivity index (χ2n) is 8.66. The number of ether oxygens (including phenoxy) is 4. The Labute approximate surface area is 188 Å². The molecule has 182 valence electrons. The lowest BCUT2D eigenvalue weighted by Crippen LogP contribution is -2.55. The molecule has 32 heavy (non-hydrogen) atoms. The minimum atomic E-state index is -1.00. The molecular formula is C21H35N3O8. The highest BCUT2D eigenvalue weighted by Gasteiger charge is 2.38. The largest absolute Gasteiger partial charge is 0.467 e. The van der Waals surface area contributed by atoms with Crippen LogP contribution in [0.15, 0.2) is 0 Å². The van der Waals surface area contributed by atoms with Crippen molar-refractivity contribution in [3.05, 3.63) is 0 Å². The number of rotatable bonds is 10. The fraction of sp³-hybridized carbons (Fsp3) is 0.810. The third-order valence-electron chi connectivity index (χ3n) is 5.65. The molecule has 0 aromatic heterocycles. The number of amides is 3. The first kappa shape index (κ1) is 25.9. The highest BCUT2D eigenvalue weighted by atomic mass is 16.7. The predicted molar refractivity (Wildman–Crippen MR) is 112 cm³/mol. The van der Waals surface area contributed by atoms with E-state index in [1.807, 2.05) is 20.8 Å². The van der Waals surface area contributed by atoms with Gasteiger partial charge in [0.15, 0.2) is 5.60 Å². The Morgan fingerprint density at radius 1 is 1.19 bits per heavy atom. The average Bonchev–Trinajstić information content (AvgIpc) is 3.16. The Kier molecular flexibility index (Phi) is 9.70. The van der Waals surface area contributed by atoms with Crippen LogP contribution in [-0.2, 0) is 33.3 Å². The van der Waals surface area contributed by atoms with Crippen molar-refractivity contribution in [3.63, 3.8) is 0 Å². The molecule has 0 aromatic carbocycles. The quantitative estimate of drug-likeness (QED) is 0.402. The van der Waals surface area contributed by atoms with Gasteiger partial charge in [-0.2, -0.15) is 0 Å². The van der Waals surface area contributed by atoms with Gasteiger partial charge in [0.1, 0.15) is 18.9 Å². The molecule has 2 rings (SSSR count). The summed E-state index contributed by atoms with van der Waals surface area (Å²) in [6.45, 7) is 6.73. The van der Waals surface area contributed by atoms with E-state index in [0.717, 1.165) is 0 Å². The standard InChI is InChI=1S/C21H35N3O8/c1-5-21(10-30-12-31-11-21)32-20(28)24-15(8-13(2)3)18(26)23-16(19(27)29-4)9-14-6-7-22-17(14)25/h13-16H,5-12H2,1-4H3,(H,22,25)(H,23,26)(H,24,28)/t14-,15-,16-/m0/s1. The van der Waals surface area contributed by atoms with Crippen molar-refractivity contribution in [3.8, 4) is 0 Å². The molecule has 0 radical (unpaired) electrons. The third-order valence-corrected chi connectivity index (χ3v) is 5.65. The summed E-state index contributed by atoms with van der Waals surface area (Å²) < 4.78 is 20.9. The zero-order chi connectivity index (χ0) is 23.7. The van der Waals surface area contributed by atoms with Gasteiger partial charge in [-0.15, -0.1) is 0 Å². The molecule has 0 spiro atoms. The van der Waals surface area contributed by atoms with E-state index in [0.29, 0.717) is 25.8 Å². The predicted octanol–water partition coefficient (Wildman–Crippen LogP) is 0.464. The van der Waals surface area contributed by atoms with Crippen LogP contribution in [0.25, 0.3) is 0 Å². The Bertz CT molecular complexity index is 678. The summed E-state index contributed by atoms with van der Waals surface area (Å²) in [5.41, 5.74) is -0.925. The van der Waals surface area contributed by atoms with Gasteiger partial charge in [0.05, 0.1) is 20.3 Å². The number of alkyl carbamates (subject to hydrolysis) is 1. The number of methoxy groups -OCH3 is 1. The van der Waals surface area contributed by atoms with Crippen molar-refractivity contribution < 1.29 is 38.1 Å². The molecule has 2 heterocycles. The minimum Gasteiger partial charge on any atom is -0.467 e. The molecule has 2 aliphatic heterocycles. The molecule has 2 aliphatic rings. The normalized spacial score (nSPS) is 21.9. The molecule has 2 fully saturated rings. The van der Waals surface area contributed by atoms with Gasteiger partial charge in [-0.25, -0.2) is 9.59 Å². The van der Waals surface area contributed by atoms with Crippen LogP contribution in [0.1, 0.15) is 46.5 Å². The van der Waals surface area contributed by atoms with E-state index in [-0.39, 0.29) is 38.3 Å². The number of hydrogen-bond acceptors (Lipinski definition) is 8. The number of nitrogens with one attached hydrogen (secondary N) is 3. The summed E-state index contributed by atoms with van der Waals surface area (Å²) in [4.78, 5) is 49.8. The van der Waals surface area contributed by atoms with Gasteiger partial charge in [-0.3, -0.25) is 9.59 Å². The summed E-state index contributed by atoms with van der Waals surface area (Å²) >= 11 is 0. The molecule has 3 N–H and O–H groups in total. The maximum atomic E-state index is 13.0. The second kappa shape index (κ2) is 12.0. The van der Waals surface area contributed by atoms with Crippen LogP contribution in [-0.4, -0.2) is 75.2 Å². The van der Waals surface area contributed by atoms with Gasteiger partial charge in [-0.05, 0) is 31.6 Å². The van der Waals surface area contributed by atoms with Gasteiger partial charge < -0.3 is 34.9 Å². The summed E-state index contributed by atoms with van der Waals surface area (Å²) in [5, 5.41) is 7.95. The van der Waals surface area contributed by atoms with E-state index in [4.69, 9.17) is 18.9 Å². The smallest absolute Gasteiger partial charge is 0.408 e. The lowest BCUT2D eigenvalue weighted by molar-refractivity contribution is -0.200. The summed E-state index contributed by atoms with van der Waals surface area (Å²) in [5.74, 6) is -1.67. The van der Waals surface area contributed by atoms with Gasteiger partial charge >= 0.3 is 12.1 Å². The van der Waals surface area contributed by atoms with Crippen molar-refractivity contribution in [2.45, 2.75) is 64.1 Å². The van der Waals surface area contributed by atoms with Gasteiger partial charge in [0.25, 0.3) is 0 Å². The summed E-state index contributed by atoms with van der Waals surface area (Å²) in [7, 11) is 1.22. The molecule has 0 bridgehead atoms. The Hall–Kier alpha value is -2.40. The SMILES string of the molecule is CCC1(OC(=O)N[C@@H](CC(C)C)C(=O)N[C@@H](C[C@@H]2CCNC2=O)C(=O)OC)COCOC1. The van der Waals surface area contributed by atoms with E-state index in [1.165, 1.54) is 7.11 Å². The van der Waals surface area contributed by atoms with E-state index in [1.54, 1.807) is 0 Å². The molecule has 11 heteroatoms. The van der Waals surface area contributed by atoms with Crippen LogP contribution in [0, 0.1) is 11.8 Å². The fourth-order valence-electron chi connectivity index (χ4n) is 3.75. The van der Waals surface area contributed by atoms with E-state index in [2.05, 4.69) is 16.0 Å². The van der Waals surface area contributed by atoms with Crippen LogP contribution in [0.2, 0.25) is 0 Å². The van der Waals surface area contributed by atoms with E-state index >= 15 is 0 Å². The molecule has 3 amide bonds. The van der Waals surface area contributed by atoms with Crippen molar-refractivity contribution in [2.24, 2.45) is 11.8 Å². The lowest BCUT2D eigenvalue weighted by Gasteiger charge is -2.35. The Morgan fingerprint density at radius 3 is 2.41 bits per heavy atom. The highest BCUT2D eigenvalue weighted by Crippen LogP contribution is 2.22. The molecule has 2 saturated heterocycles. The number of carbonyl (C=O) groups excluding carboxylic acids is 4. The monoisotopic (exact) mass is 457 g/mol. The fourth-order valence-corrected chi connectivity index (χ4v) is 3.75. The van der Waals surface area contributed by atoms with Gasteiger partial charge in [-0.1, -0.05) is 20.8 Å². The van der Waals surface area contributed by atoms with Crippen molar-refractivity contribution in [1.29, 1.82) is 0 Å². The van der Waals surface area contributed by atoms with Crippen molar-refractivity contribution >= 4 is 23.9 Å². The summed E-state index contributed by atoms with van der Waals surface area (Å²) in [6.07, 6.45) is 0.731. The molecule has 3 atom stereocenters. The zero-order valence-electron chi connectivity index (χ0n) is 19.2. The third kappa shape index (κ3) is 7.33. The first-order valence-corrected chi connectivity index (χ1v) is 11.0. The first-order chi connectivity index (χ1) is 15.2. The Balaban J connectivity index is 2.05. The number of hydrogen-bond donors (Lipinski definition) is 3. The molecular weight excluding hydrogens is 422 g/mol. The number of esters is 1. The average molecular weight is 458 g/mol.